The summed E-state index contributed by atoms with van der Waals surface area (Å²) in [6.07, 6.45) is 7.34. The third-order valence-corrected chi connectivity index (χ3v) is 5.36. The molecule has 0 radical (unpaired) electrons. The zero-order valence-corrected chi connectivity index (χ0v) is 11.5. The molecule has 1 aliphatic rings. The Morgan fingerprint density at radius 1 is 1.71 bits per heavy atom. The van der Waals surface area contributed by atoms with E-state index in [1.165, 1.54) is 18.6 Å². The minimum Gasteiger partial charge on any atom is -0.335 e. The predicted molar refractivity (Wildman–Crippen MR) is 72.8 cm³/mol. The van der Waals surface area contributed by atoms with Gasteiger partial charge in [0.25, 0.3) is 0 Å². The highest BCUT2D eigenvalue weighted by atomic mass is 32.2. The minimum absolute atomic E-state index is 0.249. The molecule has 0 spiro atoms. The summed E-state index contributed by atoms with van der Waals surface area (Å²) >= 11 is 2.03. The van der Waals surface area contributed by atoms with Crippen LogP contribution in [0.1, 0.15) is 32.5 Å². The first-order valence-corrected chi connectivity index (χ1v) is 7.28. The Balaban J connectivity index is 2.09. The van der Waals surface area contributed by atoms with Crippen molar-refractivity contribution in [3.05, 3.63) is 18.2 Å². The monoisotopic (exact) mass is 254 g/mol. The summed E-state index contributed by atoms with van der Waals surface area (Å²) in [5.74, 6) is 8.12. The van der Waals surface area contributed by atoms with Crippen LogP contribution in [0.3, 0.4) is 0 Å². The quantitative estimate of drug-likeness (QED) is 0.618. The zero-order valence-electron chi connectivity index (χ0n) is 10.6. The van der Waals surface area contributed by atoms with Crippen LogP contribution in [0.4, 0.5) is 0 Å². The highest BCUT2D eigenvalue weighted by Gasteiger charge is 2.37. The number of hydrazine groups is 1. The van der Waals surface area contributed by atoms with Gasteiger partial charge in [-0.15, -0.1) is 0 Å². The molecule has 1 aromatic heterocycles. The van der Waals surface area contributed by atoms with Crippen molar-refractivity contribution in [3.8, 4) is 0 Å². The summed E-state index contributed by atoms with van der Waals surface area (Å²) in [7, 11) is 0. The molecule has 96 valence electrons. The third kappa shape index (κ3) is 2.67. The summed E-state index contributed by atoms with van der Waals surface area (Å²) in [5.41, 5.74) is 3.00. The Hall–Kier alpha value is -0.520. The lowest BCUT2D eigenvalue weighted by molar-refractivity contribution is 0.395. The van der Waals surface area contributed by atoms with Gasteiger partial charge >= 0.3 is 0 Å². The van der Waals surface area contributed by atoms with Crippen molar-refractivity contribution in [1.82, 2.24) is 15.0 Å². The number of nitrogens with zero attached hydrogens (tertiary/aromatic N) is 2. The van der Waals surface area contributed by atoms with Gasteiger partial charge in [0, 0.05) is 36.1 Å². The van der Waals surface area contributed by atoms with E-state index in [1.807, 2.05) is 24.2 Å². The molecule has 2 unspecified atom stereocenters. The Bertz CT molecular complexity index is 357. The first-order valence-electron chi connectivity index (χ1n) is 6.29. The average molecular weight is 254 g/mol. The maximum atomic E-state index is 5.75. The molecule has 0 amide bonds. The van der Waals surface area contributed by atoms with E-state index < -0.39 is 0 Å². The Labute approximate surface area is 107 Å². The van der Waals surface area contributed by atoms with Crippen molar-refractivity contribution in [1.29, 1.82) is 0 Å². The fraction of sp³-hybridized carbons (Fsp3) is 0.750. The molecular weight excluding hydrogens is 232 g/mol. The predicted octanol–water partition coefficient (Wildman–Crippen LogP) is 1.56. The van der Waals surface area contributed by atoms with Gasteiger partial charge in [0.1, 0.15) is 5.82 Å². The molecule has 1 saturated heterocycles. The van der Waals surface area contributed by atoms with Crippen LogP contribution < -0.4 is 11.3 Å². The van der Waals surface area contributed by atoms with Gasteiger partial charge < -0.3 is 4.57 Å². The fourth-order valence-corrected chi connectivity index (χ4v) is 3.92. The molecule has 0 saturated carbocycles. The van der Waals surface area contributed by atoms with Crippen LogP contribution >= 0.6 is 11.8 Å². The zero-order chi connectivity index (χ0) is 12.3. The number of hydrogen-bond acceptors (Lipinski definition) is 4. The van der Waals surface area contributed by atoms with E-state index in [2.05, 4.69) is 28.8 Å². The summed E-state index contributed by atoms with van der Waals surface area (Å²) in [6.45, 7) is 5.42. The van der Waals surface area contributed by atoms with Crippen LogP contribution in [0.5, 0.6) is 0 Å². The number of nitrogens with one attached hydrogen (secondary N) is 1. The van der Waals surface area contributed by atoms with Crippen molar-refractivity contribution >= 4 is 11.8 Å². The second-order valence-electron chi connectivity index (χ2n) is 4.82. The van der Waals surface area contributed by atoms with Gasteiger partial charge in [0.15, 0.2) is 0 Å². The number of aromatic nitrogens is 2. The van der Waals surface area contributed by atoms with Crippen LogP contribution in [0.2, 0.25) is 0 Å². The van der Waals surface area contributed by atoms with Gasteiger partial charge in [-0.05, 0) is 32.4 Å². The van der Waals surface area contributed by atoms with Crippen molar-refractivity contribution in [2.75, 3.05) is 5.75 Å². The molecule has 0 aliphatic carbocycles. The molecule has 5 heteroatoms. The summed E-state index contributed by atoms with van der Waals surface area (Å²) in [4.78, 5) is 4.44. The molecule has 2 heterocycles. The van der Waals surface area contributed by atoms with Gasteiger partial charge in [0.2, 0.25) is 0 Å². The van der Waals surface area contributed by atoms with Crippen molar-refractivity contribution in [2.45, 2.75) is 50.4 Å². The molecule has 3 N–H and O–H groups in total. The van der Waals surface area contributed by atoms with Crippen LogP contribution in [-0.2, 0) is 13.0 Å². The molecule has 2 rings (SSSR count). The van der Waals surface area contributed by atoms with E-state index >= 15 is 0 Å². The SMILES string of the molecule is CCn1ccnc1CC(NN)C1(C)CCCS1. The van der Waals surface area contributed by atoms with E-state index in [0.29, 0.717) is 6.04 Å². The number of nitrogens with two attached hydrogens (primary N) is 1. The first kappa shape index (κ1) is 12.9. The third-order valence-electron chi connectivity index (χ3n) is 3.72. The normalized spacial score (nSPS) is 26.3. The molecule has 0 bridgehead atoms. The first-order chi connectivity index (χ1) is 8.19. The van der Waals surface area contributed by atoms with E-state index in [-0.39, 0.29) is 4.75 Å². The number of rotatable bonds is 5. The second-order valence-corrected chi connectivity index (χ2v) is 6.45. The molecule has 1 aromatic rings. The van der Waals surface area contributed by atoms with Crippen molar-refractivity contribution < 1.29 is 0 Å². The number of imidazole rings is 1. The van der Waals surface area contributed by atoms with E-state index in [1.54, 1.807) is 0 Å². The molecule has 17 heavy (non-hydrogen) atoms. The van der Waals surface area contributed by atoms with Gasteiger partial charge in [-0.2, -0.15) is 11.8 Å². The topological polar surface area (TPSA) is 55.9 Å². The Kier molecular flexibility index (Phi) is 4.12. The molecule has 1 aliphatic heterocycles. The van der Waals surface area contributed by atoms with Gasteiger partial charge in [0.05, 0.1) is 0 Å². The fourth-order valence-electron chi connectivity index (χ4n) is 2.53. The van der Waals surface area contributed by atoms with Crippen LogP contribution in [0.15, 0.2) is 12.4 Å². The van der Waals surface area contributed by atoms with Crippen LogP contribution in [-0.4, -0.2) is 26.1 Å². The smallest absolute Gasteiger partial charge is 0.110 e. The Morgan fingerprint density at radius 3 is 3.12 bits per heavy atom. The molecule has 0 aromatic carbocycles. The van der Waals surface area contributed by atoms with Crippen LogP contribution in [0, 0.1) is 0 Å². The summed E-state index contributed by atoms with van der Waals surface area (Å²) < 4.78 is 2.44. The summed E-state index contributed by atoms with van der Waals surface area (Å²) in [5, 5.41) is 0. The van der Waals surface area contributed by atoms with Crippen molar-refractivity contribution in [3.63, 3.8) is 0 Å². The molecule has 4 nitrogen and oxygen atoms in total. The second kappa shape index (κ2) is 5.42. The summed E-state index contributed by atoms with van der Waals surface area (Å²) in [6, 6.07) is 0.294. The highest BCUT2D eigenvalue weighted by Crippen LogP contribution is 2.41. The van der Waals surface area contributed by atoms with E-state index in [4.69, 9.17) is 5.84 Å². The van der Waals surface area contributed by atoms with Gasteiger partial charge in [-0.25, -0.2) is 4.98 Å². The van der Waals surface area contributed by atoms with Gasteiger partial charge in [-0.1, -0.05) is 0 Å². The van der Waals surface area contributed by atoms with E-state index in [9.17, 15) is 0 Å². The number of thioether (sulfide) groups is 1. The largest absolute Gasteiger partial charge is 0.335 e. The maximum absolute atomic E-state index is 5.75. The minimum atomic E-state index is 0.249. The highest BCUT2D eigenvalue weighted by molar-refractivity contribution is 8.00. The molecular formula is C12H22N4S. The maximum Gasteiger partial charge on any atom is 0.110 e. The van der Waals surface area contributed by atoms with Crippen LogP contribution in [0.25, 0.3) is 0 Å². The lowest BCUT2D eigenvalue weighted by atomic mass is 9.94. The molecule has 2 atom stereocenters. The number of aryl methyl sites for hydroxylation is 1. The molecule has 1 fully saturated rings. The lowest BCUT2D eigenvalue weighted by Gasteiger charge is -2.32. The van der Waals surface area contributed by atoms with Gasteiger partial charge in [-0.3, -0.25) is 11.3 Å². The van der Waals surface area contributed by atoms with Crippen molar-refractivity contribution in [2.24, 2.45) is 5.84 Å². The lowest BCUT2D eigenvalue weighted by Crippen LogP contribution is -2.50. The Morgan fingerprint density at radius 2 is 2.53 bits per heavy atom. The standard InChI is InChI=1S/C12H22N4S/c1-3-16-7-6-14-11(16)9-10(15-13)12(2)5-4-8-17-12/h6-7,10,15H,3-5,8-9,13H2,1-2H3. The average Bonchev–Trinajstić information content (AvgIpc) is 2.95. The number of hydrogen-bond donors (Lipinski definition) is 2. The van der Waals surface area contributed by atoms with E-state index in [0.717, 1.165) is 18.8 Å².